The lowest BCUT2D eigenvalue weighted by atomic mass is 10.1. The second-order valence-electron chi connectivity index (χ2n) is 5.77. The normalized spacial score (nSPS) is 25.6. The smallest absolute Gasteiger partial charge is 0.0607 e. The first-order valence-corrected chi connectivity index (χ1v) is 7.17. The predicted octanol–water partition coefficient (Wildman–Crippen LogP) is 2.09. The van der Waals surface area contributed by atoms with Crippen molar-refractivity contribution in [2.24, 2.45) is 0 Å². The summed E-state index contributed by atoms with van der Waals surface area (Å²) in [5.41, 5.74) is 2.81. The van der Waals surface area contributed by atoms with E-state index in [1.165, 1.54) is 50.3 Å². The van der Waals surface area contributed by atoms with Gasteiger partial charge in [-0.2, -0.15) is 0 Å². The highest BCUT2D eigenvalue weighted by Gasteiger charge is 2.31. The van der Waals surface area contributed by atoms with Crippen molar-refractivity contribution in [1.29, 1.82) is 0 Å². The summed E-state index contributed by atoms with van der Waals surface area (Å²) in [6.45, 7) is 9.38. The van der Waals surface area contributed by atoms with Crippen LogP contribution in [-0.4, -0.2) is 47.0 Å². The van der Waals surface area contributed by atoms with Crippen molar-refractivity contribution >= 4 is 0 Å². The molecule has 1 aromatic rings. The molecule has 0 amide bonds. The van der Waals surface area contributed by atoms with Gasteiger partial charge in [-0.1, -0.05) is 6.07 Å². The van der Waals surface area contributed by atoms with E-state index in [0.29, 0.717) is 12.1 Å². The van der Waals surface area contributed by atoms with Crippen LogP contribution in [0.25, 0.3) is 0 Å². The van der Waals surface area contributed by atoms with Gasteiger partial charge in [-0.15, -0.1) is 0 Å². The Bertz CT molecular complexity index is 408. The van der Waals surface area contributed by atoms with Crippen molar-refractivity contribution in [3.63, 3.8) is 0 Å². The summed E-state index contributed by atoms with van der Waals surface area (Å²) in [4.78, 5) is 9.83. The van der Waals surface area contributed by atoms with E-state index in [0.717, 1.165) is 0 Å². The molecule has 0 aromatic carbocycles. The number of fused-ring (bicyclic) bond motifs is 1. The zero-order valence-electron chi connectivity index (χ0n) is 11.5. The molecular weight excluding hydrogens is 222 g/mol. The van der Waals surface area contributed by atoms with Crippen LogP contribution < -0.4 is 0 Å². The van der Waals surface area contributed by atoms with Gasteiger partial charge in [-0.3, -0.25) is 14.8 Å². The van der Waals surface area contributed by atoms with Gasteiger partial charge in [0.1, 0.15) is 0 Å². The lowest BCUT2D eigenvalue weighted by molar-refractivity contribution is 0.0770. The van der Waals surface area contributed by atoms with Crippen molar-refractivity contribution in [2.45, 2.75) is 38.8 Å². The third-order valence-corrected chi connectivity index (χ3v) is 4.45. The SMILES string of the molecule is CC(C)N1CCN(C2CCc3cccnc32)CC1. The molecule has 1 aliphatic heterocycles. The number of aryl methyl sites for hydroxylation is 1. The summed E-state index contributed by atoms with van der Waals surface area (Å²) in [6.07, 6.45) is 4.41. The molecule has 1 aliphatic carbocycles. The standard InChI is InChI=1S/C15H23N3/c1-12(2)17-8-10-18(11-9-17)14-6-5-13-4-3-7-16-15(13)14/h3-4,7,12,14H,5-6,8-11H2,1-2H3. The number of hydrogen-bond acceptors (Lipinski definition) is 3. The molecule has 3 heteroatoms. The van der Waals surface area contributed by atoms with Crippen molar-refractivity contribution < 1.29 is 0 Å². The van der Waals surface area contributed by atoms with E-state index in [-0.39, 0.29) is 0 Å². The van der Waals surface area contributed by atoms with Gasteiger partial charge in [0, 0.05) is 38.4 Å². The van der Waals surface area contributed by atoms with Gasteiger partial charge in [-0.25, -0.2) is 0 Å². The zero-order chi connectivity index (χ0) is 12.5. The summed E-state index contributed by atoms with van der Waals surface area (Å²) in [6, 6.07) is 5.57. The van der Waals surface area contributed by atoms with Gasteiger partial charge in [0.25, 0.3) is 0 Å². The Morgan fingerprint density at radius 3 is 2.72 bits per heavy atom. The first-order valence-electron chi connectivity index (χ1n) is 7.17. The fourth-order valence-corrected chi connectivity index (χ4v) is 3.31. The number of hydrogen-bond donors (Lipinski definition) is 0. The van der Waals surface area contributed by atoms with Gasteiger partial charge in [0.15, 0.2) is 0 Å². The molecule has 3 rings (SSSR count). The van der Waals surface area contributed by atoms with Crippen LogP contribution in [0.2, 0.25) is 0 Å². The average Bonchev–Trinajstić information content (AvgIpc) is 2.82. The third kappa shape index (κ3) is 2.17. The van der Waals surface area contributed by atoms with Gasteiger partial charge in [0.05, 0.1) is 11.7 Å². The Kier molecular flexibility index (Phi) is 3.35. The first kappa shape index (κ1) is 12.1. The second-order valence-corrected chi connectivity index (χ2v) is 5.77. The minimum atomic E-state index is 0.579. The highest BCUT2D eigenvalue weighted by Crippen LogP contribution is 2.34. The van der Waals surface area contributed by atoms with Crippen molar-refractivity contribution in [3.8, 4) is 0 Å². The van der Waals surface area contributed by atoms with E-state index < -0.39 is 0 Å². The average molecular weight is 245 g/mol. The fourth-order valence-electron chi connectivity index (χ4n) is 3.31. The molecule has 0 spiro atoms. The molecule has 1 fully saturated rings. The molecule has 1 atom stereocenters. The Morgan fingerprint density at radius 2 is 2.00 bits per heavy atom. The highest BCUT2D eigenvalue weighted by atomic mass is 15.3. The van der Waals surface area contributed by atoms with Crippen LogP contribution in [0.1, 0.15) is 37.6 Å². The molecule has 18 heavy (non-hydrogen) atoms. The molecule has 0 saturated carbocycles. The number of rotatable bonds is 2. The predicted molar refractivity (Wildman–Crippen MR) is 73.6 cm³/mol. The summed E-state index contributed by atoms with van der Waals surface area (Å²) >= 11 is 0. The molecule has 1 aromatic heterocycles. The summed E-state index contributed by atoms with van der Waals surface area (Å²) < 4.78 is 0. The van der Waals surface area contributed by atoms with Crippen LogP contribution in [0.15, 0.2) is 18.3 Å². The van der Waals surface area contributed by atoms with E-state index in [2.05, 4.69) is 40.8 Å². The molecule has 2 heterocycles. The number of aromatic nitrogens is 1. The van der Waals surface area contributed by atoms with Gasteiger partial charge in [0.2, 0.25) is 0 Å². The molecule has 0 N–H and O–H groups in total. The molecule has 1 saturated heterocycles. The summed E-state index contributed by atoms with van der Waals surface area (Å²) in [7, 11) is 0. The Morgan fingerprint density at radius 1 is 1.22 bits per heavy atom. The zero-order valence-corrected chi connectivity index (χ0v) is 11.5. The van der Waals surface area contributed by atoms with Crippen LogP contribution in [0.3, 0.4) is 0 Å². The van der Waals surface area contributed by atoms with Crippen LogP contribution in [0.5, 0.6) is 0 Å². The molecule has 1 unspecified atom stereocenters. The van der Waals surface area contributed by atoms with Crippen LogP contribution >= 0.6 is 0 Å². The largest absolute Gasteiger partial charge is 0.298 e. The molecular formula is C15H23N3. The van der Waals surface area contributed by atoms with E-state index in [4.69, 9.17) is 0 Å². The van der Waals surface area contributed by atoms with Crippen molar-refractivity contribution in [3.05, 3.63) is 29.6 Å². The van der Waals surface area contributed by atoms with E-state index in [1.54, 1.807) is 0 Å². The molecule has 0 radical (unpaired) electrons. The van der Waals surface area contributed by atoms with Crippen LogP contribution in [0.4, 0.5) is 0 Å². The molecule has 3 nitrogen and oxygen atoms in total. The van der Waals surface area contributed by atoms with E-state index in [9.17, 15) is 0 Å². The number of piperazine rings is 1. The third-order valence-electron chi connectivity index (χ3n) is 4.45. The molecule has 2 aliphatic rings. The highest BCUT2D eigenvalue weighted by molar-refractivity contribution is 5.28. The number of pyridine rings is 1. The number of nitrogens with zero attached hydrogens (tertiary/aromatic N) is 3. The first-order chi connectivity index (χ1) is 8.75. The second kappa shape index (κ2) is 4.98. The van der Waals surface area contributed by atoms with Crippen LogP contribution in [0, 0.1) is 0 Å². The Balaban J connectivity index is 1.68. The lowest BCUT2D eigenvalue weighted by Crippen LogP contribution is -2.49. The topological polar surface area (TPSA) is 19.4 Å². The molecule has 98 valence electrons. The minimum Gasteiger partial charge on any atom is -0.298 e. The van der Waals surface area contributed by atoms with Crippen molar-refractivity contribution in [1.82, 2.24) is 14.8 Å². The van der Waals surface area contributed by atoms with E-state index >= 15 is 0 Å². The summed E-state index contributed by atoms with van der Waals surface area (Å²) in [5, 5.41) is 0. The Labute approximate surface area is 110 Å². The van der Waals surface area contributed by atoms with Crippen molar-refractivity contribution in [2.75, 3.05) is 26.2 Å². The monoisotopic (exact) mass is 245 g/mol. The van der Waals surface area contributed by atoms with Gasteiger partial charge >= 0.3 is 0 Å². The van der Waals surface area contributed by atoms with Gasteiger partial charge in [-0.05, 0) is 38.3 Å². The maximum absolute atomic E-state index is 4.61. The van der Waals surface area contributed by atoms with E-state index in [1.807, 2.05) is 6.20 Å². The Hall–Kier alpha value is -0.930. The minimum absolute atomic E-state index is 0.579. The molecule has 0 bridgehead atoms. The summed E-state index contributed by atoms with van der Waals surface area (Å²) in [5.74, 6) is 0. The van der Waals surface area contributed by atoms with Gasteiger partial charge < -0.3 is 0 Å². The fraction of sp³-hybridized carbons (Fsp3) is 0.667. The van der Waals surface area contributed by atoms with Crippen LogP contribution in [-0.2, 0) is 6.42 Å². The lowest BCUT2D eigenvalue weighted by Gasteiger charge is -2.39. The maximum atomic E-state index is 4.61. The maximum Gasteiger partial charge on any atom is 0.0607 e. The quantitative estimate of drug-likeness (QED) is 0.795.